The molecule has 0 amide bonds. The number of pyridine rings is 1. The average molecular weight is 632 g/mol. The van der Waals surface area contributed by atoms with Crippen LogP contribution in [0.4, 0.5) is 16.5 Å². The summed E-state index contributed by atoms with van der Waals surface area (Å²) in [4.78, 5) is 10.1. The number of aliphatic hydroxyl groups excluding tert-OH is 1. The minimum Gasteiger partial charge on any atom is -0.387 e. The lowest BCUT2D eigenvalue weighted by atomic mass is 10.0. The van der Waals surface area contributed by atoms with Gasteiger partial charge in [0, 0.05) is 47.8 Å². The Morgan fingerprint density at radius 2 is 1.91 bits per heavy atom. The standard InChI is InChI=1S/C34H41N5O3S2/c40-33(28-8-4-18-35-22-28)24-36-19-16-26-10-12-29(13-11-26)39(44(41,42)31-14-15-32-27(21-31)17-20-37-32)34-38-23-30(43-34)9-3-7-25-5-1-2-6-25/h4,8,10-15,18,21-23,25,33,36-37,40H,1-3,5-7,9,16-17,19-20,24H2. The number of nitrogens with zero attached hydrogens (tertiary/aromatic N) is 3. The Morgan fingerprint density at radius 3 is 2.70 bits per heavy atom. The van der Waals surface area contributed by atoms with Crippen LogP contribution in [0.25, 0.3) is 0 Å². The molecular formula is C34H41N5O3S2. The number of aromatic nitrogens is 2. The number of nitrogens with one attached hydrogen (secondary N) is 2. The highest BCUT2D eigenvalue weighted by Crippen LogP contribution is 2.37. The van der Waals surface area contributed by atoms with Crippen LogP contribution in [-0.4, -0.2) is 43.1 Å². The van der Waals surface area contributed by atoms with E-state index in [4.69, 9.17) is 0 Å². The number of sulfonamides is 1. The second-order valence-corrected chi connectivity index (χ2v) is 14.7. The van der Waals surface area contributed by atoms with Gasteiger partial charge in [0.05, 0.1) is 16.7 Å². The van der Waals surface area contributed by atoms with Crippen molar-refractivity contribution in [2.24, 2.45) is 5.92 Å². The Balaban J connectivity index is 1.17. The summed E-state index contributed by atoms with van der Waals surface area (Å²) in [6.45, 7) is 1.93. The topological polar surface area (TPSA) is 107 Å². The molecule has 1 aliphatic heterocycles. The fourth-order valence-corrected chi connectivity index (χ4v) is 8.91. The predicted molar refractivity (Wildman–Crippen MR) is 177 cm³/mol. The van der Waals surface area contributed by atoms with E-state index in [0.717, 1.165) is 65.4 Å². The van der Waals surface area contributed by atoms with Gasteiger partial charge in [-0.05, 0) is 85.7 Å². The number of thiazole rings is 1. The predicted octanol–water partition coefficient (Wildman–Crippen LogP) is 6.41. The molecule has 0 bridgehead atoms. The molecule has 1 atom stereocenters. The first-order valence-corrected chi connectivity index (χ1v) is 18.0. The van der Waals surface area contributed by atoms with Gasteiger partial charge in [-0.1, -0.05) is 50.3 Å². The van der Waals surface area contributed by atoms with Crippen molar-refractivity contribution in [1.29, 1.82) is 0 Å². The first-order valence-electron chi connectivity index (χ1n) is 15.7. The van der Waals surface area contributed by atoms with Gasteiger partial charge < -0.3 is 15.7 Å². The van der Waals surface area contributed by atoms with Crippen molar-refractivity contribution in [2.75, 3.05) is 29.3 Å². The van der Waals surface area contributed by atoms with Crippen LogP contribution in [0.15, 0.2) is 78.1 Å². The highest BCUT2D eigenvalue weighted by atomic mass is 32.2. The summed E-state index contributed by atoms with van der Waals surface area (Å²) in [7, 11) is -3.91. The van der Waals surface area contributed by atoms with E-state index in [1.54, 1.807) is 24.5 Å². The van der Waals surface area contributed by atoms with Gasteiger partial charge in [-0.3, -0.25) is 4.98 Å². The molecular weight excluding hydrogens is 591 g/mol. The highest BCUT2D eigenvalue weighted by molar-refractivity contribution is 7.93. The minimum absolute atomic E-state index is 0.276. The molecule has 232 valence electrons. The van der Waals surface area contributed by atoms with Gasteiger partial charge >= 0.3 is 0 Å². The molecule has 2 aromatic heterocycles. The molecule has 0 spiro atoms. The first-order chi connectivity index (χ1) is 21.5. The molecule has 4 aromatic rings. The number of rotatable bonds is 14. The fourth-order valence-electron chi connectivity index (χ4n) is 6.23. The van der Waals surface area contributed by atoms with Crippen LogP contribution in [0.3, 0.4) is 0 Å². The molecule has 1 aliphatic carbocycles. The van der Waals surface area contributed by atoms with Crippen molar-refractivity contribution in [3.8, 4) is 0 Å². The second-order valence-electron chi connectivity index (χ2n) is 11.8. The Bertz CT molecular complexity index is 1620. The molecule has 2 aliphatic rings. The largest absolute Gasteiger partial charge is 0.387 e. The normalized spacial score (nSPS) is 15.7. The number of hydrogen-bond donors (Lipinski definition) is 3. The lowest BCUT2D eigenvalue weighted by molar-refractivity contribution is 0.174. The van der Waals surface area contributed by atoms with Crippen LogP contribution in [0.5, 0.6) is 0 Å². The van der Waals surface area contributed by atoms with Gasteiger partial charge in [0.1, 0.15) is 0 Å². The quantitative estimate of drug-likeness (QED) is 0.138. The monoisotopic (exact) mass is 631 g/mol. The molecule has 0 radical (unpaired) electrons. The van der Waals surface area contributed by atoms with Gasteiger partial charge in [-0.25, -0.2) is 17.7 Å². The van der Waals surface area contributed by atoms with Gasteiger partial charge in [-0.15, -0.1) is 11.3 Å². The van der Waals surface area contributed by atoms with Crippen molar-refractivity contribution in [3.63, 3.8) is 0 Å². The SMILES string of the molecule is O=S(=O)(c1ccc2c(c1)CCN2)N(c1ccc(CCNCC(O)c2cccnc2)cc1)c1ncc(CCCC2CCCC2)s1. The van der Waals surface area contributed by atoms with Crippen LogP contribution in [0.1, 0.15) is 66.2 Å². The Hall–Kier alpha value is -3.31. The fraction of sp³-hybridized carbons (Fsp3) is 0.412. The molecule has 3 heterocycles. The molecule has 10 heteroatoms. The molecule has 2 aromatic carbocycles. The maximum Gasteiger partial charge on any atom is 0.270 e. The van der Waals surface area contributed by atoms with Gasteiger partial charge in [0.2, 0.25) is 5.13 Å². The molecule has 44 heavy (non-hydrogen) atoms. The molecule has 6 rings (SSSR count). The van der Waals surface area contributed by atoms with Gasteiger partial charge in [-0.2, -0.15) is 0 Å². The van der Waals surface area contributed by atoms with Crippen molar-refractivity contribution in [2.45, 2.75) is 68.8 Å². The van der Waals surface area contributed by atoms with Crippen LogP contribution in [-0.2, 0) is 29.3 Å². The van der Waals surface area contributed by atoms with Crippen molar-refractivity contribution in [3.05, 3.63) is 94.8 Å². The van der Waals surface area contributed by atoms with Gasteiger partial charge in [0.25, 0.3) is 10.0 Å². The average Bonchev–Trinajstić information content (AvgIpc) is 3.83. The molecule has 3 N–H and O–H groups in total. The number of hydrogen-bond acceptors (Lipinski definition) is 8. The number of aryl methyl sites for hydroxylation is 1. The highest BCUT2D eigenvalue weighted by Gasteiger charge is 2.30. The first kappa shape index (κ1) is 30.7. The third kappa shape index (κ3) is 7.31. The van der Waals surface area contributed by atoms with Crippen molar-refractivity contribution < 1.29 is 13.5 Å². The third-order valence-corrected chi connectivity index (χ3v) is 11.6. The summed E-state index contributed by atoms with van der Waals surface area (Å²) in [5, 5.41) is 17.5. The van der Waals surface area contributed by atoms with Gasteiger partial charge in [0.15, 0.2) is 0 Å². The smallest absolute Gasteiger partial charge is 0.270 e. The molecule has 0 saturated heterocycles. The van der Waals surface area contributed by atoms with E-state index < -0.39 is 16.1 Å². The maximum absolute atomic E-state index is 14.2. The number of fused-ring (bicyclic) bond motifs is 1. The third-order valence-electron chi connectivity index (χ3n) is 8.72. The van der Waals surface area contributed by atoms with Crippen LogP contribution in [0, 0.1) is 5.92 Å². The van der Waals surface area contributed by atoms with Crippen LogP contribution in [0.2, 0.25) is 0 Å². The van der Waals surface area contributed by atoms with E-state index >= 15 is 0 Å². The van der Waals surface area contributed by atoms with Crippen LogP contribution < -0.4 is 14.9 Å². The Kier molecular flexibility index (Phi) is 9.91. The summed E-state index contributed by atoms with van der Waals surface area (Å²) < 4.78 is 29.9. The zero-order chi connectivity index (χ0) is 30.4. The summed E-state index contributed by atoms with van der Waals surface area (Å²) in [6.07, 6.45) is 14.8. The number of benzene rings is 2. The zero-order valence-electron chi connectivity index (χ0n) is 25.0. The zero-order valence-corrected chi connectivity index (χ0v) is 26.6. The summed E-state index contributed by atoms with van der Waals surface area (Å²) in [5.74, 6) is 0.841. The van der Waals surface area contributed by atoms with E-state index in [0.29, 0.717) is 23.9 Å². The lowest BCUT2D eigenvalue weighted by Gasteiger charge is -2.22. The number of anilines is 3. The summed E-state index contributed by atoms with van der Waals surface area (Å²) in [5.41, 5.74) is 4.45. The second kappa shape index (κ2) is 14.2. The van der Waals surface area contributed by atoms with E-state index in [1.807, 2.05) is 48.7 Å². The van der Waals surface area contributed by atoms with Crippen LogP contribution >= 0.6 is 11.3 Å². The minimum atomic E-state index is -3.91. The maximum atomic E-state index is 14.2. The number of aliphatic hydroxyl groups is 1. The van der Waals surface area contributed by atoms with E-state index in [-0.39, 0.29) is 4.90 Å². The lowest BCUT2D eigenvalue weighted by Crippen LogP contribution is -2.26. The Morgan fingerprint density at radius 1 is 1.07 bits per heavy atom. The summed E-state index contributed by atoms with van der Waals surface area (Å²) in [6, 6.07) is 16.7. The molecule has 1 unspecified atom stereocenters. The Labute approximate surface area is 264 Å². The van der Waals surface area contributed by atoms with E-state index in [2.05, 4.69) is 20.6 Å². The van der Waals surface area contributed by atoms with E-state index in [1.165, 1.54) is 47.7 Å². The van der Waals surface area contributed by atoms with E-state index in [9.17, 15) is 13.5 Å². The summed E-state index contributed by atoms with van der Waals surface area (Å²) >= 11 is 1.47. The van der Waals surface area contributed by atoms with Crippen molar-refractivity contribution >= 4 is 37.9 Å². The molecule has 8 nitrogen and oxygen atoms in total. The molecule has 1 saturated carbocycles. The van der Waals surface area contributed by atoms with Crippen molar-refractivity contribution in [1.82, 2.24) is 15.3 Å². The molecule has 1 fully saturated rings.